The molecule has 0 amide bonds. The van der Waals surface area contributed by atoms with E-state index in [2.05, 4.69) is 56.5 Å². The van der Waals surface area contributed by atoms with Gasteiger partial charge in [-0.3, -0.25) is 0 Å². The third-order valence-electron chi connectivity index (χ3n) is 3.77. The average Bonchev–Trinajstić information content (AvgIpc) is 2.73. The molecule has 8 N–H and O–H groups in total. The number of rotatable bonds is 14. The van der Waals surface area contributed by atoms with Gasteiger partial charge in [0.1, 0.15) is 0 Å². The SMILES string of the molecule is CNc1nc(N)nc(NCCCCNc2nc(NC)nc(NCCCCO)n2)n1. The third kappa shape index (κ3) is 8.13. The van der Waals surface area contributed by atoms with Crippen molar-refractivity contribution in [1.29, 1.82) is 0 Å². The maximum absolute atomic E-state index is 8.84. The van der Waals surface area contributed by atoms with Crippen molar-refractivity contribution in [2.75, 3.05) is 72.7 Å². The van der Waals surface area contributed by atoms with E-state index in [-0.39, 0.29) is 12.6 Å². The first-order valence-electron chi connectivity index (χ1n) is 9.60. The molecule has 0 bridgehead atoms. The number of aromatic nitrogens is 6. The molecule has 2 rings (SSSR count). The first-order valence-corrected chi connectivity index (χ1v) is 9.60. The fourth-order valence-corrected chi connectivity index (χ4v) is 2.32. The van der Waals surface area contributed by atoms with Crippen LogP contribution >= 0.6 is 0 Å². The van der Waals surface area contributed by atoms with Gasteiger partial charge in [0.2, 0.25) is 35.7 Å². The van der Waals surface area contributed by atoms with Gasteiger partial charge in [0.25, 0.3) is 0 Å². The van der Waals surface area contributed by atoms with Crippen molar-refractivity contribution in [2.24, 2.45) is 0 Å². The Morgan fingerprint density at radius 3 is 1.48 bits per heavy atom. The predicted molar refractivity (Wildman–Crippen MR) is 114 cm³/mol. The number of nitrogens with one attached hydrogen (secondary N) is 5. The number of aliphatic hydroxyl groups is 1. The van der Waals surface area contributed by atoms with Gasteiger partial charge < -0.3 is 37.4 Å². The summed E-state index contributed by atoms with van der Waals surface area (Å²) in [6.07, 6.45) is 3.37. The molecule has 0 saturated carbocycles. The molecule has 0 aliphatic carbocycles. The van der Waals surface area contributed by atoms with E-state index in [1.165, 1.54) is 0 Å². The molecule has 13 nitrogen and oxygen atoms in total. The van der Waals surface area contributed by atoms with Crippen molar-refractivity contribution in [2.45, 2.75) is 25.7 Å². The summed E-state index contributed by atoms with van der Waals surface area (Å²) in [7, 11) is 3.48. The summed E-state index contributed by atoms with van der Waals surface area (Å²) in [6, 6.07) is 0. The topological polar surface area (TPSA) is 184 Å². The van der Waals surface area contributed by atoms with Crippen LogP contribution in [-0.2, 0) is 0 Å². The minimum absolute atomic E-state index is 0.171. The van der Waals surface area contributed by atoms with Crippen LogP contribution in [0.3, 0.4) is 0 Å². The van der Waals surface area contributed by atoms with Crippen molar-refractivity contribution >= 4 is 35.7 Å². The molecule has 13 heteroatoms. The molecule has 0 fully saturated rings. The molecule has 0 aromatic carbocycles. The third-order valence-corrected chi connectivity index (χ3v) is 3.77. The largest absolute Gasteiger partial charge is 0.396 e. The van der Waals surface area contributed by atoms with Crippen LogP contribution in [-0.4, -0.2) is 75.3 Å². The average molecular weight is 406 g/mol. The van der Waals surface area contributed by atoms with Crippen LogP contribution < -0.4 is 32.3 Å². The molecule has 0 unspecified atom stereocenters. The molecule has 29 heavy (non-hydrogen) atoms. The molecule has 0 radical (unpaired) electrons. The predicted octanol–water partition coefficient (Wildman–Crippen LogP) is 0.211. The van der Waals surface area contributed by atoms with Gasteiger partial charge in [0, 0.05) is 40.3 Å². The minimum atomic E-state index is 0.171. The molecular formula is C16H30N12O. The lowest BCUT2D eigenvalue weighted by atomic mass is 10.3. The number of nitrogens with zero attached hydrogens (tertiary/aromatic N) is 6. The van der Waals surface area contributed by atoms with Crippen LogP contribution in [0.2, 0.25) is 0 Å². The van der Waals surface area contributed by atoms with Gasteiger partial charge in [-0.05, 0) is 25.7 Å². The normalized spacial score (nSPS) is 10.4. The van der Waals surface area contributed by atoms with Crippen LogP contribution in [0, 0.1) is 0 Å². The Bertz CT molecular complexity index is 744. The molecule has 2 aromatic heterocycles. The Labute approximate surface area is 169 Å². The number of unbranched alkanes of at least 4 members (excludes halogenated alkanes) is 2. The van der Waals surface area contributed by atoms with E-state index in [1.54, 1.807) is 14.1 Å². The Hall–Kier alpha value is -3.22. The molecular weight excluding hydrogens is 376 g/mol. The lowest BCUT2D eigenvalue weighted by molar-refractivity contribution is 0.286. The maximum Gasteiger partial charge on any atom is 0.229 e. The van der Waals surface area contributed by atoms with Crippen LogP contribution in [0.15, 0.2) is 0 Å². The zero-order valence-electron chi connectivity index (χ0n) is 16.9. The van der Waals surface area contributed by atoms with Crippen LogP contribution in [0.5, 0.6) is 0 Å². The lowest BCUT2D eigenvalue weighted by Gasteiger charge is -2.10. The standard InChI is InChI=1S/C16H30N12O/c1-18-12-23-11(17)24-14(25-12)20-7-3-4-8-21-15-26-13(19-2)27-16(28-15)22-9-5-6-10-29/h29H,3-10H2,1-2H3,(H4,17,18,20,23,24,25)(H3,19,21,22,26,27,28). The van der Waals surface area contributed by atoms with E-state index >= 15 is 0 Å². The number of anilines is 6. The second-order valence-corrected chi connectivity index (χ2v) is 6.07. The van der Waals surface area contributed by atoms with Crippen molar-refractivity contribution in [1.82, 2.24) is 29.9 Å². The van der Waals surface area contributed by atoms with Crippen molar-refractivity contribution in [3.8, 4) is 0 Å². The summed E-state index contributed by atoms with van der Waals surface area (Å²) in [4.78, 5) is 25.1. The van der Waals surface area contributed by atoms with Gasteiger partial charge >= 0.3 is 0 Å². The van der Waals surface area contributed by atoms with Gasteiger partial charge in [0.05, 0.1) is 0 Å². The van der Waals surface area contributed by atoms with E-state index in [4.69, 9.17) is 10.8 Å². The second kappa shape index (κ2) is 12.3. The number of hydrogen-bond acceptors (Lipinski definition) is 13. The summed E-state index contributed by atoms with van der Waals surface area (Å²) >= 11 is 0. The minimum Gasteiger partial charge on any atom is -0.396 e. The summed E-state index contributed by atoms with van der Waals surface area (Å²) in [5, 5.41) is 24.1. The molecule has 0 saturated heterocycles. The van der Waals surface area contributed by atoms with Crippen LogP contribution in [0.25, 0.3) is 0 Å². The zero-order chi connectivity index (χ0) is 20.9. The molecule has 0 aliphatic rings. The van der Waals surface area contributed by atoms with E-state index in [9.17, 15) is 0 Å². The van der Waals surface area contributed by atoms with Gasteiger partial charge in [-0.1, -0.05) is 0 Å². The molecule has 160 valence electrons. The van der Waals surface area contributed by atoms with E-state index in [0.29, 0.717) is 49.4 Å². The lowest BCUT2D eigenvalue weighted by Crippen LogP contribution is -2.14. The van der Waals surface area contributed by atoms with E-state index in [0.717, 1.165) is 25.7 Å². The molecule has 2 heterocycles. The summed E-state index contributed by atoms with van der Waals surface area (Å²) < 4.78 is 0. The fraction of sp³-hybridized carbons (Fsp3) is 0.625. The molecule has 0 aliphatic heterocycles. The van der Waals surface area contributed by atoms with Gasteiger partial charge in [-0.25, -0.2) is 0 Å². The monoisotopic (exact) mass is 406 g/mol. The van der Waals surface area contributed by atoms with Crippen molar-refractivity contribution in [3.63, 3.8) is 0 Å². The highest BCUT2D eigenvalue weighted by Gasteiger charge is 2.05. The van der Waals surface area contributed by atoms with Crippen LogP contribution in [0.1, 0.15) is 25.7 Å². The first-order chi connectivity index (χ1) is 14.1. The fourth-order valence-electron chi connectivity index (χ4n) is 2.32. The number of aliphatic hydroxyl groups excluding tert-OH is 1. The first kappa shape index (κ1) is 22.1. The zero-order valence-corrected chi connectivity index (χ0v) is 16.9. The Kier molecular flexibility index (Phi) is 9.35. The Morgan fingerprint density at radius 2 is 1.00 bits per heavy atom. The highest BCUT2D eigenvalue weighted by Crippen LogP contribution is 2.10. The van der Waals surface area contributed by atoms with Gasteiger partial charge in [-0.15, -0.1) is 0 Å². The maximum atomic E-state index is 8.84. The smallest absolute Gasteiger partial charge is 0.229 e. The van der Waals surface area contributed by atoms with E-state index < -0.39 is 0 Å². The van der Waals surface area contributed by atoms with E-state index in [1.807, 2.05) is 0 Å². The molecule has 2 aromatic rings. The highest BCUT2D eigenvalue weighted by atomic mass is 16.2. The number of hydrogen-bond donors (Lipinski definition) is 7. The van der Waals surface area contributed by atoms with Crippen molar-refractivity contribution in [3.05, 3.63) is 0 Å². The Morgan fingerprint density at radius 1 is 0.621 bits per heavy atom. The second-order valence-electron chi connectivity index (χ2n) is 6.07. The van der Waals surface area contributed by atoms with Gasteiger partial charge in [0.15, 0.2) is 0 Å². The summed E-state index contributed by atoms with van der Waals surface area (Å²) in [5.41, 5.74) is 5.64. The Balaban J connectivity index is 1.73. The quantitative estimate of drug-likeness (QED) is 0.211. The molecule has 0 spiro atoms. The van der Waals surface area contributed by atoms with Crippen LogP contribution in [0.4, 0.5) is 35.7 Å². The summed E-state index contributed by atoms with van der Waals surface area (Å²) in [6.45, 7) is 2.28. The van der Waals surface area contributed by atoms with Gasteiger partial charge in [-0.2, -0.15) is 29.9 Å². The van der Waals surface area contributed by atoms with Crippen molar-refractivity contribution < 1.29 is 5.11 Å². The number of nitrogen functional groups attached to an aromatic ring is 1. The molecule has 0 atom stereocenters. The number of nitrogens with two attached hydrogens (primary N) is 1. The summed E-state index contributed by atoms with van der Waals surface area (Å²) in [5.74, 6) is 2.54. The highest BCUT2D eigenvalue weighted by molar-refractivity contribution is 5.42.